The molecular weight excluding hydrogens is 220 g/mol. The number of rotatable bonds is 2. The third kappa shape index (κ3) is 1.87. The molecule has 0 spiro atoms. The van der Waals surface area contributed by atoms with Crippen molar-refractivity contribution in [1.29, 1.82) is 0 Å². The summed E-state index contributed by atoms with van der Waals surface area (Å²) >= 11 is 0. The fourth-order valence-electron chi connectivity index (χ4n) is 1.74. The van der Waals surface area contributed by atoms with E-state index in [4.69, 9.17) is 5.11 Å². The first-order valence-corrected chi connectivity index (χ1v) is 5.12. The first-order chi connectivity index (χ1) is 8.00. The van der Waals surface area contributed by atoms with Gasteiger partial charge in [-0.15, -0.1) is 0 Å². The lowest BCUT2D eigenvalue weighted by Gasteiger charge is -2.08. The molecule has 0 radical (unpaired) electrons. The van der Waals surface area contributed by atoms with Gasteiger partial charge in [0.1, 0.15) is 0 Å². The van der Waals surface area contributed by atoms with Crippen LogP contribution in [0.1, 0.15) is 21.6 Å². The Balaban J connectivity index is 2.71. The highest BCUT2D eigenvalue weighted by atomic mass is 16.4. The van der Waals surface area contributed by atoms with Crippen LogP contribution in [0.25, 0.3) is 5.69 Å². The number of imidazole rings is 1. The largest absolute Gasteiger partial charge is 0.478 e. The molecule has 0 saturated heterocycles. The van der Waals surface area contributed by atoms with Crippen LogP contribution in [0.2, 0.25) is 0 Å². The number of carbonyl (C=O) groups is 1. The van der Waals surface area contributed by atoms with Crippen LogP contribution >= 0.6 is 0 Å². The highest BCUT2D eigenvalue weighted by Crippen LogP contribution is 2.16. The van der Waals surface area contributed by atoms with E-state index in [1.54, 1.807) is 19.2 Å². The summed E-state index contributed by atoms with van der Waals surface area (Å²) in [6, 6.07) is 4.71. The maximum absolute atomic E-state index is 11.6. The van der Waals surface area contributed by atoms with Crippen molar-refractivity contribution in [2.45, 2.75) is 13.8 Å². The first-order valence-electron chi connectivity index (χ1n) is 5.12. The lowest BCUT2D eigenvalue weighted by atomic mass is 10.1. The lowest BCUT2D eigenvalue weighted by Crippen LogP contribution is -2.17. The van der Waals surface area contributed by atoms with Gasteiger partial charge in [0, 0.05) is 11.9 Å². The first kappa shape index (κ1) is 11.2. The molecule has 0 fully saturated rings. The lowest BCUT2D eigenvalue weighted by molar-refractivity contribution is 0.0697. The van der Waals surface area contributed by atoms with Gasteiger partial charge in [-0.05, 0) is 31.5 Å². The molecule has 0 atom stereocenters. The van der Waals surface area contributed by atoms with Crippen molar-refractivity contribution < 1.29 is 9.90 Å². The van der Waals surface area contributed by atoms with Crippen LogP contribution in [0.15, 0.2) is 29.2 Å². The van der Waals surface area contributed by atoms with Crippen molar-refractivity contribution in [2.75, 3.05) is 0 Å². The molecule has 5 nitrogen and oxygen atoms in total. The van der Waals surface area contributed by atoms with Crippen molar-refractivity contribution in [1.82, 2.24) is 9.55 Å². The van der Waals surface area contributed by atoms with Gasteiger partial charge in [0.15, 0.2) is 0 Å². The van der Waals surface area contributed by atoms with Gasteiger partial charge in [0.05, 0.1) is 11.3 Å². The molecule has 17 heavy (non-hydrogen) atoms. The Bertz CT molecular complexity index is 637. The Morgan fingerprint density at radius 1 is 1.35 bits per heavy atom. The number of benzene rings is 1. The molecule has 0 saturated carbocycles. The summed E-state index contributed by atoms with van der Waals surface area (Å²) in [6.45, 7) is 3.62. The van der Waals surface area contributed by atoms with Crippen molar-refractivity contribution in [3.05, 3.63) is 51.7 Å². The summed E-state index contributed by atoms with van der Waals surface area (Å²) in [7, 11) is 0. The molecule has 0 aliphatic heterocycles. The monoisotopic (exact) mass is 232 g/mol. The molecule has 0 bridgehead atoms. The number of carboxylic acid groups (broad SMARTS) is 1. The SMILES string of the molecule is Cc1ccc(C(=O)O)cc1-n1c(C)c[nH]c1=O. The van der Waals surface area contributed by atoms with Crippen molar-refractivity contribution in [2.24, 2.45) is 0 Å². The Labute approximate surface area is 97.3 Å². The molecule has 0 aliphatic carbocycles. The molecule has 1 aromatic heterocycles. The van der Waals surface area contributed by atoms with E-state index in [-0.39, 0.29) is 11.3 Å². The van der Waals surface area contributed by atoms with Gasteiger partial charge in [0.2, 0.25) is 0 Å². The van der Waals surface area contributed by atoms with Gasteiger partial charge in [-0.3, -0.25) is 4.57 Å². The molecule has 1 aromatic carbocycles. The molecule has 5 heteroatoms. The van der Waals surface area contributed by atoms with Crippen LogP contribution < -0.4 is 5.69 Å². The number of aryl methyl sites for hydroxylation is 2. The van der Waals surface area contributed by atoms with Crippen LogP contribution in [0, 0.1) is 13.8 Å². The van der Waals surface area contributed by atoms with Gasteiger partial charge in [-0.25, -0.2) is 9.59 Å². The van der Waals surface area contributed by atoms with Crippen molar-refractivity contribution >= 4 is 5.97 Å². The van der Waals surface area contributed by atoms with Gasteiger partial charge in [-0.2, -0.15) is 0 Å². The molecule has 2 N–H and O–H groups in total. The van der Waals surface area contributed by atoms with Crippen LogP contribution in [0.3, 0.4) is 0 Å². The van der Waals surface area contributed by atoms with Crippen LogP contribution in [-0.2, 0) is 0 Å². The molecule has 88 valence electrons. The average molecular weight is 232 g/mol. The smallest absolute Gasteiger partial charge is 0.335 e. The van der Waals surface area contributed by atoms with E-state index < -0.39 is 5.97 Å². The second-order valence-corrected chi connectivity index (χ2v) is 3.88. The fourth-order valence-corrected chi connectivity index (χ4v) is 1.74. The number of aromatic amines is 1. The van der Waals surface area contributed by atoms with E-state index >= 15 is 0 Å². The minimum atomic E-state index is -1.01. The van der Waals surface area contributed by atoms with E-state index in [0.717, 1.165) is 11.3 Å². The van der Waals surface area contributed by atoms with Gasteiger partial charge >= 0.3 is 11.7 Å². The fraction of sp³-hybridized carbons (Fsp3) is 0.167. The van der Waals surface area contributed by atoms with E-state index in [0.29, 0.717) is 5.69 Å². The maximum atomic E-state index is 11.6. The number of aromatic nitrogens is 2. The summed E-state index contributed by atoms with van der Waals surface area (Å²) in [4.78, 5) is 25.1. The van der Waals surface area contributed by atoms with E-state index in [9.17, 15) is 9.59 Å². The highest BCUT2D eigenvalue weighted by Gasteiger charge is 2.11. The Morgan fingerprint density at radius 3 is 2.59 bits per heavy atom. The zero-order valence-electron chi connectivity index (χ0n) is 9.52. The number of H-pyrrole nitrogens is 1. The minimum Gasteiger partial charge on any atom is -0.478 e. The van der Waals surface area contributed by atoms with Gasteiger partial charge in [-0.1, -0.05) is 6.07 Å². The summed E-state index contributed by atoms with van der Waals surface area (Å²) in [6.07, 6.45) is 1.59. The normalized spacial score (nSPS) is 10.5. The highest BCUT2D eigenvalue weighted by molar-refractivity contribution is 5.88. The third-order valence-corrected chi connectivity index (χ3v) is 2.66. The zero-order valence-corrected chi connectivity index (χ0v) is 9.52. The van der Waals surface area contributed by atoms with Gasteiger partial charge in [0.25, 0.3) is 0 Å². The Morgan fingerprint density at radius 2 is 2.06 bits per heavy atom. The predicted molar refractivity (Wildman–Crippen MR) is 62.8 cm³/mol. The number of carboxylic acids is 1. The van der Waals surface area contributed by atoms with E-state index in [1.165, 1.54) is 16.7 Å². The number of hydrogen-bond acceptors (Lipinski definition) is 2. The summed E-state index contributed by atoms with van der Waals surface area (Å²) < 4.78 is 1.46. The Kier molecular flexibility index (Phi) is 2.59. The topological polar surface area (TPSA) is 75.1 Å². The summed E-state index contributed by atoms with van der Waals surface area (Å²) in [5.41, 5.74) is 2.07. The van der Waals surface area contributed by atoms with Gasteiger partial charge < -0.3 is 10.1 Å². The molecular formula is C12H12N2O3. The number of nitrogens with zero attached hydrogens (tertiary/aromatic N) is 1. The molecule has 0 amide bonds. The third-order valence-electron chi connectivity index (χ3n) is 2.66. The minimum absolute atomic E-state index is 0.165. The average Bonchev–Trinajstić information content (AvgIpc) is 2.59. The van der Waals surface area contributed by atoms with Crippen molar-refractivity contribution in [3.8, 4) is 5.69 Å². The maximum Gasteiger partial charge on any atom is 0.335 e. The number of nitrogens with one attached hydrogen (secondary N) is 1. The predicted octanol–water partition coefficient (Wildman–Crippen LogP) is 1.48. The quantitative estimate of drug-likeness (QED) is 0.823. The van der Waals surface area contributed by atoms with E-state index in [1.807, 2.05) is 6.92 Å². The van der Waals surface area contributed by atoms with Crippen molar-refractivity contribution in [3.63, 3.8) is 0 Å². The molecule has 2 rings (SSSR count). The van der Waals surface area contributed by atoms with E-state index in [2.05, 4.69) is 4.98 Å². The number of aromatic carboxylic acids is 1. The van der Waals surface area contributed by atoms with Crippen LogP contribution in [0.5, 0.6) is 0 Å². The van der Waals surface area contributed by atoms with Crippen LogP contribution in [-0.4, -0.2) is 20.6 Å². The standard InChI is InChI=1S/C12H12N2O3/c1-7-3-4-9(11(15)16)5-10(7)14-8(2)6-13-12(14)17/h3-6H,1-2H3,(H,13,17)(H,15,16). The zero-order chi connectivity index (χ0) is 12.6. The summed E-state index contributed by atoms with van der Waals surface area (Å²) in [5, 5.41) is 8.94. The molecule has 1 heterocycles. The molecule has 2 aromatic rings. The molecule has 0 aliphatic rings. The Hall–Kier alpha value is -2.30. The van der Waals surface area contributed by atoms with Crippen LogP contribution in [0.4, 0.5) is 0 Å². The summed E-state index contributed by atoms with van der Waals surface area (Å²) in [5.74, 6) is -1.01. The second kappa shape index (κ2) is 3.93. The molecule has 0 unspecified atom stereocenters. The second-order valence-electron chi connectivity index (χ2n) is 3.88. The number of hydrogen-bond donors (Lipinski definition) is 2.